The minimum Gasteiger partial charge on any atom is -0.349 e. The lowest BCUT2D eigenvalue weighted by Gasteiger charge is -2.33. The molecule has 0 spiro atoms. The Morgan fingerprint density at radius 2 is 2.14 bits per heavy atom. The predicted octanol–water partition coefficient (Wildman–Crippen LogP) is 3.98. The molecule has 1 aromatic carbocycles. The molecule has 2 atom stereocenters. The Kier molecular flexibility index (Phi) is 6.79. The van der Waals surface area contributed by atoms with Gasteiger partial charge in [0.25, 0.3) is 0 Å². The van der Waals surface area contributed by atoms with Gasteiger partial charge >= 0.3 is 0 Å². The molecular formula is C15H21Cl3N2O. The molecule has 2 N–H and O–H groups in total. The summed E-state index contributed by atoms with van der Waals surface area (Å²) < 4.78 is 0. The quantitative estimate of drug-likeness (QED) is 0.864. The maximum absolute atomic E-state index is 12.5. The second-order valence-corrected chi connectivity index (χ2v) is 6.55. The van der Waals surface area contributed by atoms with Gasteiger partial charge in [0.05, 0.1) is 11.5 Å². The third-order valence-corrected chi connectivity index (χ3v) is 4.48. The van der Waals surface area contributed by atoms with E-state index in [4.69, 9.17) is 23.2 Å². The molecule has 0 radical (unpaired) electrons. The van der Waals surface area contributed by atoms with Gasteiger partial charge in [-0.25, -0.2) is 0 Å². The van der Waals surface area contributed by atoms with Gasteiger partial charge in [0.15, 0.2) is 0 Å². The van der Waals surface area contributed by atoms with E-state index in [1.807, 2.05) is 19.9 Å². The van der Waals surface area contributed by atoms with Crippen LogP contribution >= 0.6 is 35.6 Å². The summed E-state index contributed by atoms with van der Waals surface area (Å²) in [4.78, 5) is 12.5. The summed E-state index contributed by atoms with van der Waals surface area (Å²) in [6.45, 7) is 5.65. The van der Waals surface area contributed by atoms with Gasteiger partial charge in [-0.3, -0.25) is 4.79 Å². The van der Waals surface area contributed by atoms with Gasteiger partial charge in [0.1, 0.15) is 0 Å². The van der Waals surface area contributed by atoms with Crippen LogP contribution in [0.25, 0.3) is 0 Å². The van der Waals surface area contributed by atoms with Gasteiger partial charge in [-0.05, 0) is 50.9 Å². The number of nitrogens with one attached hydrogen (secondary N) is 2. The van der Waals surface area contributed by atoms with Gasteiger partial charge in [-0.1, -0.05) is 29.3 Å². The van der Waals surface area contributed by atoms with Crippen molar-refractivity contribution in [2.45, 2.75) is 32.7 Å². The molecule has 1 saturated heterocycles. The monoisotopic (exact) mass is 350 g/mol. The van der Waals surface area contributed by atoms with Crippen molar-refractivity contribution in [1.29, 1.82) is 0 Å². The third-order valence-electron chi connectivity index (χ3n) is 3.92. The molecule has 0 aliphatic carbocycles. The van der Waals surface area contributed by atoms with Crippen LogP contribution in [0, 0.1) is 5.41 Å². The third kappa shape index (κ3) is 4.49. The van der Waals surface area contributed by atoms with Crippen LogP contribution < -0.4 is 10.6 Å². The van der Waals surface area contributed by atoms with Crippen LogP contribution in [0.2, 0.25) is 10.0 Å². The molecule has 2 unspecified atom stereocenters. The maximum Gasteiger partial charge on any atom is 0.227 e. The molecule has 0 bridgehead atoms. The van der Waals surface area contributed by atoms with Gasteiger partial charge in [0.2, 0.25) is 5.91 Å². The molecule has 1 heterocycles. The highest BCUT2D eigenvalue weighted by Crippen LogP contribution is 2.29. The molecule has 1 amide bonds. The molecule has 0 aromatic heterocycles. The number of carbonyl (C=O) groups is 1. The van der Waals surface area contributed by atoms with Crippen LogP contribution in [0.15, 0.2) is 18.2 Å². The summed E-state index contributed by atoms with van der Waals surface area (Å²) in [7, 11) is 0. The van der Waals surface area contributed by atoms with Gasteiger partial charge in [0, 0.05) is 16.6 Å². The molecule has 1 aliphatic rings. The zero-order chi connectivity index (χ0) is 14.8. The highest BCUT2D eigenvalue weighted by Gasteiger charge is 2.35. The SMILES string of the molecule is CC(NC(=O)C1(C)CCCNC1)c1ccc(Cl)cc1Cl.Cl. The number of amides is 1. The van der Waals surface area contributed by atoms with Crippen LogP contribution in [-0.4, -0.2) is 19.0 Å². The Hall–Kier alpha value is -0.480. The van der Waals surface area contributed by atoms with Crippen molar-refractivity contribution >= 4 is 41.5 Å². The van der Waals surface area contributed by atoms with Crippen LogP contribution in [0.3, 0.4) is 0 Å². The smallest absolute Gasteiger partial charge is 0.227 e. The van der Waals surface area contributed by atoms with E-state index in [9.17, 15) is 4.79 Å². The molecule has 1 aliphatic heterocycles. The molecule has 1 fully saturated rings. The maximum atomic E-state index is 12.5. The largest absolute Gasteiger partial charge is 0.349 e. The molecule has 1 aromatic rings. The molecular weight excluding hydrogens is 331 g/mol. The predicted molar refractivity (Wildman–Crippen MR) is 90.5 cm³/mol. The summed E-state index contributed by atoms with van der Waals surface area (Å²) in [6, 6.07) is 5.21. The lowest BCUT2D eigenvalue weighted by atomic mass is 9.81. The second kappa shape index (κ2) is 7.68. The Morgan fingerprint density at radius 3 is 2.71 bits per heavy atom. The van der Waals surface area contributed by atoms with Crippen molar-refractivity contribution in [1.82, 2.24) is 10.6 Å². The number of carbonyl (C=O) groups excluding carboxylic acids is 1. The van der Waals surface area contributed by atoms with Crippen molar-refractivity contribution in [3.8, 4) is 0 Å². The topological polar surface area (TPSA) is 41.1 Å². The van der Waals surface area contributed by atoms with Crippen molar-refractivity contribution in [3.63, 3.8) is 0 Å². The zero-order valence-corrected chi connectivity index (χ0v) is 14.5. The first-order valence-electron chi connectivity index (χ1n) is 6.89. The van der Waals surface area contributed by atoms with Gasteiger partial charge in [-0.15, -0.1) is 12.4 Å². The van der Waals surface area contributed by atoms with E-state index in [1.54, 1.807) is 12.1 Å². The molecule has 0 saturated carbocycles. The highest BCUT2D eigenvalue weighted by atomic mass is 35.5. The lowest BCUT2D eigenvalue weighted by Crippen LogP contribution is -2.49. The highest BCUT2D eigenvalue weighted by molar-refractivity contribution is 6.35. The van der Waals surface area contributed by atoms with E-state index in [1.165, 1.54) is 0 Å². The first kappa shape index (κ1) is 18.6. The van der Waals surface area contributed by atoms with E-state index in [2.05, 4.69) is 10.6 Å². The van der Waals surface area contributed by atoms with E-state index < -0.39 is 0 Å². The van der Waals surface area contributed by atoms with Crippen molar-refractivity contribution in [2.75, 3.05) is 13.1 Å². The van der Waals surface area contributed by atoms with Gasteiger partial charge in [-0.2, -0.15) is 0 Å². The van der Waals surface area contributed by atoms with E-state index in [0.717, 1.165) is 31.5 Å². The molecule has 3 nitrogen and oxygen atoms in total. The molecule has 118 valence electrons. The van der Waals surface area contributed by atoms with Gasteiger partial charge < -0.3 is 10.6 Å². The van der Waals surface area contributed by atoms with E-state index in [-0.39, 0.29) is 29.8 Å². The van der Waals surface area contributed by atoms with Crippen LogP contribution in [0.5, 0.6) is 0 Å². The standard InChI is InChI=1S/C15H20Cl2N2O.ClH/c1-10(12-5-4-11(16)8-13(12)17)19-14(20)15(2)6-3-7-18-9-15;/h4-5,8,10,18H,3,6-7,9H2,1-2H3,(H,19,20);1H. The lowest BCUT2D eigenvalue weighted by molar-refractivity contribution is -0.131. The van der Waals surface area contributed by atoms with Crippen LogP contribution in [0.4, 0.5) is 0 Å². The fraction of sp³-hybridized carbons (Fsp3) is 0.533. The van der Waals surface area contributed by atoms with Crippen LogP contribution in [0.1, 0.15) is 38.3 Å². The summed E-state index contributed by atoms with van der Waals surface area (Å²) in [5.41, 5.74) is 0.544. The summed E-state index contributed by atoms with van der Waals surface area (Å²) >= 11 is 12.1. The van der Waals surface area contributed by atoms with Crippen molar-refractivity contribution in [3.05, 3.63) is 33.8 Å². The number of piperidine rings is 1. The minimum absolute atomic E-state index is 0. The normalized spacial score (nSPS) is 23.0. The Bertz CT molecular complexity index is 502. The molecule has 6 heteroatoms. The molecule has 21 heavy (non-hydrogen) atoms. The minimum atomic E-state index is -0.342. The zero-order valence-electron chi connectivity index (χ0n) is 12.2. The van der Waals surface area contributed by atoms with E-state index >= 15 is 0 Å². The fourth-order valence-electron chi connectivity index (χ4n) is 2.55. The van der Waals surface area contributed by atoms with Crippen molar-refractivity contribution < 1.29 is 4.79 Å². The number of halogens is 3. The Morgan fingerprint density at radius 1 is 1.43 bits per heavy atom. The number of benzene rings is 1. The van der Waals surface area contributed by atoms with Crippen molar-refractivity contribution in [2.24, 2.45) is 5.41 Å². The first-order valence-corrected chi connectivity index (χ1v) is 7.64. The fourth-order valence-corrected chi connectivity index (χ4v) is 3.12. The molecule has 2 rings (SSSR count). The average molecular weight is 352 g/mol. The second-order valence-electron chi connectivity index (χ2n) is 5.70. The number of rotatable bonds is 3. The number of hydrogen-bond donors (Lipinski definition) is 2. The van der Waals surface area contributed by atoms with Crippen LogP contribution in [-0.2, 0) is 4.79 Å². The Labute approximate surface area is 142 Å². The van der Waals surface area contributed by atoms with E-state index in [0.29, 0.717) is 10.0 Å². The summed E-state index contributed by atoms with van der Waals surface area (Å²) in [5, 5.41) is 7.52. The number of hydrogen-bond acceptors (Lipinski definition) is 2. The summed E-state index contributed by atoms with van der Waals surface area (Å²) in [5.74, 6) is 0.0724. The average Bonchev–Trinajstić information content (AvgIpc) is 2.39. The Balaban J connectivity index is 0.00000220. The first-order chi connectivity index (χ1) is 9.42. The summed E-state index contributed by atoms with van der Waals surface area (Å²) in [6.07, 6.45) is 1.94.